The fourth-order valence-corrected chi connectivity index (χ4v) is 3.73. The number of nitrogens with one attached hydrogen (secondary N) is 1. The predicted octanol–water partition coefficient (Wildman–Crippen LogP) is 0.479. The summed E-state index contributed by atoms with van der Waals surface area (Å²) in [5.74, 6) is 1.79. The first-order valence-electron chi connectivity index (χ1n) is 6.82. The molecule has 0 aromatic rings. The van der Waals surface area contributed by atoms with Crippen molar-refractivity contribution in [2.24, 2.45) is 17.8 Å². The fraction of sp³-hybridized carbons (Fsp3) is 0.923. The highest BCUT2D eigenvalue weighted by Gasteiger charge is 2.48. The number of amides is 1. The third-order valence-corrected chi connectivity index (χ3v) is 4.67. The number of rotatable bonds is 2. The van der Waals surface area contributed by atoms with Gasteiger partial charge in [-0.3, -0.25) is 4.79 Å². The van der Waals surface area contributed by atoms with Gasteiger partial charge in [-0.15, -0.1) is 0 Å². The zero-order chi connectivity index (χ0) is 11.8. The van der Waals surface area contributed by atoms with Gasteiger partial charge in [0.2, 0.25) is 5.91 Å². The van der Waals surface area contributed by atoms with Crippen LogP contribution in [0.5, 0.6) is 0 Å². The first kappa shape index (κ1) is 11.5. The summed E-state index contributed by atoms with van der Waals surface area (Å²) in [4.78, 5) is 14.4. The van der Waals surface area contributed by atoms with Gasteiger partial charge in [0.1, 0.15) is 0 Å². The van der Waals surface area contributed by atoms with Crippen LogP contribution in [0, 0.1) is 17.8 Å². The zero-order valence-corrected chi connectivity index (χ0v) is 10.5. The lowest BCUT2D eigenvalue weighted by Gasteiger charge is -2.53. The number of nitrogens with zero attached hydrogens (tertiary/aromatic N) is 1. The third-order valence-electron chi connectivity index (χ3n) is 4.67. The molecule has 0 spiro atoms. The van der Waals surface area contributed by atoms with E-state index >= 15 is 0 Å². The van der Waals surface area contributed by atoms with Gasteiger partial charge >= 0.3 is 0 Å². The van der Waals surface area contributed by atoms with Crippen LogP contribution < -0.4 is 5.32 Å². The Bertz CT molecular complexity index is 290. The van der Waals surface area contributed by atoms with Crippen LogP contribution in [0.3, 0.4) is 0 Å². The number of methoxy groups -OCH3 is 1. The van der Waals surface area contributed by atoms with Crippen LogP contribution in [0.2, 0.25) is 0 Å². The van der Waals surface area contributed by atoms with E-state index in [9.17, 15) is 4.79 Å². The predicted molar refractivity (Wildman–Crippen MR) is 64.6 cm³/mol. The lowest BCUT2D eigenvalue weighted by Crippen LogP contribution is -2.61. The molecular weight excluding hydrogens is 216 g/mol. The van der Waals surface area contributed by atoms with Gasteiger partial charge < -0.3 is 15.0 Å². The molecule has 3 atom stereocenters. The molecule has 3 saturated heterocycles. The molecule has 17 heavy (non-hydrogen) atoms. The van der Waals surface area contributed by atoms with Crippen molar-refractivity contribution >= 4 is 5.91 Å². The Morgan fingerprint density at radius 1 is 1.35 bits per heavy atom. The van der Waals surface area contributed by atoms with E-state index in [-0.39, 0.29) is 5.92 Å². The highest BCUT2D eigenvalue weighted by Crippen LogP contribution is 2.42. The quantitative estimate of drug-likeness (QED) is 0.761. The molecule has 3 heterocycles. The normalized spacial score (nSPS) is 40.9. The third kappa shape index (κ3) is 1.97. The van der Waals surface area contributed by atoms with Crippen LogP contribution in [0.25, 0.3) is 0 Å². The van der Waals surface area contributed by atoms with Crippen molar-refractivity contribution in [3.8, 4) is 0 Å². The minimum absolute atomic E-state index is 0.224. The summed E-state index contributed by atoms with van der Waals surface area (Å²) < 4.78 is 5.48. The highest BCUT2D eigenvalue weighted by molar-refractivity contribution is 5.79. The molecule has 1 aliphatic carbocycles. The van der Waals surface area contributed by atoms with Crippen molar-refractivity contribution in [1.82, 2.24) is 10.2 Å². The van der Waals surface area contributed by atoms with Crippen molar-refractivity contribution in [3.63, 3.8) is 0 Å². The molecule has 4 aliphatic rings. The Labute approximate surface area is 103 Å². The standard InChI is InChI=1S/C13H22N2O2/c1-17-12-10-5-11(12)8-15(7-10)13(16)9-3-2-4-14-6-9/h9-12,14H,2-8H2,1H3/t9-,10-,11-/m0/s1. The van der Waals surface area contributed by atoms with Gasteiger partial charge in [0.15, 0.2) is 0 Å². The van der Waals surface area contributed by atoms with Gasteiger partial charge in [-0.1, -0.05) is 0 Å². The number of piperidine rings is 3. The maximum atomic E-state index is 12.4. The van der Waals surface area contributed by atoms with E-state index < -0.39 is 0 Å². The van der Waals surface area contributed by atoms with Crippen LogP contribution in [-0.2, 0) is 9.53 Å². The monoisotopic (exact) mass is 238 g/mol. The summed E-state index contributed by atoms with van der Waals surface area (Å²) in [7, 11) is 1.80. The largest absolute Gasteiger partial charge is 0.381 e. The van der Waals surface area contributed by atoms with Crippen LogP contribution in [0.15, 0.2) is 0 Å². The van der Waals surface area contributed by atoms with E-state index in [1.807, 2.05) is 0 Å². The Kier molecular flexibility index (Phi) is 3.09. The van der Waals surface area contributed by atoms with Gasteiger partial charge in [0.25, 0.3) is 0 Å². The van der Waals surface area contributed by atoms with Crippen molar-refractivity contribution < 1.29 is 9.53 Å². The molecule has 96 valence electrons. The van der Waals surface area contributed by atoms with E-state index in [2.05, 4.69) is 10.2 Å². The topological polar surface area (TPSA) is 41.6 Å². The van der Waals surface area contributed by atoms with Crippen LogP contribution in [-0.4, -0.2) is 50.2 Å². The Morgan fingerprint density at radius 3 is 2.71 bits per heavy atom. The number of carbonyl (C=O) groups excluding carboxylic acids is 1. The Morgan fingerprint density at radius 2 is 2.12 bits per heavy atom. The molecule has 1 amide bonds. The summed E-state index contributed by atoms with van der Waals surface area (Å²) in [6, 6.07) is 0. The summed E-state index contributed by atoms with van der Waals surface area (Å²) in [5, 5.41) is 3.33. The zero-order valence-electron chi connectivity index (χ0n) is 10.5. The summed E-state index contributed by atoms with van der Waals surface area (Å²) >= 11 is 0. The van der Waals surface area contributed by atoms with Crippen LogP contribution in [0.1, 0.15) is 19.3 Å². The fourth-order valence-electron chi connectivity index (χ4n) is 3.73. The van der Waals surface area contributed by atoms with Crippen molar-refractivity contribution in [2.75, 3.05) is 33.3 Å². The van der Waals surface area contributed by atoms with Gasteiger partial charge in [-0.2, -0.15) is 0 Å². The SMILES string of the molecule is COC1[C@H]2C[C@H]1CN(C(=O)[C@H]1CCCNC1)C2. The lowest BCUT2D eigenvalue weighted by molar-refractivity contribution is -0.159. The second kappa shape index (κ2) is 4.58. The van der Waals surface area contributed by atoms with E-state index in [1.54, 1.807) is 7.11 Å². The molecule has 4 heteroatoms. The molecule has 1 saturated carbocycles. The number of fused-ring (bicyclic) bond motifs is 2. The lowest BCUT2D eigenvalue weighted by atomic mass is 9.68. The van der Waals surface area contributed by atoms with E-state index in [0.29, 0.717) is 23.8 Å². The van der Waals surface area contributed by atoms with Crippen LogP contribution in [0.4, 0.5) is 0 Å². The van der Waals surface area contributed by atoms with Crippen molar-refractivity contribution in [2.45, 2.75) is 25.4 Å². The van der Waals surface area contributed by atoms with E-state index in [0.717, 1.165) is 39.0 Å². The number of carbonyl (C=O) groups is 1. The van der Waals surface area contributed by atoms with Gasteiger partial charge in [0.05, 0.1) is 12.0 Å². The van der Waals surface area contributed by atoms with E-state index in [4.69, 9.17) is 4.74 Å². The molecule has 0 aromatic heterocycles. The van der Waals surface area contributed by atoms with Crippen molar-refractivity contribution in [1.29, 1.82) is 0 Å². The maximum Gasteiger partial charge on any atom is 0.226 e. The summed E-state index contributed by atoms with van der Waals surface area (Å²) in [6.45, 7) is 3.79. The molecular formula is C13H22N2O2. The molecule has 1 N–H and O–H groups in total. The Hall–Kier alpha value is -0.610. The minimum Gasteiger partial charge on any atom is -0.381 e. The Balaban J connectivity index is 1.57. The molecule has 0 unspecified atom stereocenters. The van der Waals surface area contributed by atoms with Gasteiger partial charge in [-0.05, 0) is 25.8 Å². The minimum atomic E-state index is 0.224. The number of hydrogen-bond acceptors (Lipinski definition) is 3. The molecule has 4 fully saturated rings. The van der Waals surface area contributed by atoms with Crippen molar-refractivity contribution in [3.05, 3.63) is 0 Å². The second-order valence-electron chi connectivity index (χ2n) is 5.74. The molecule has 4 nitrogen and oxygen atoms in total. The molecule has 0 aromatic carbocycles. The van der Waals surface area contributed by atoms with Crippen LogP contribution >= 0.6 is 0 Å². The smallest absolute Gasteiger partial charge is 0.226 e. The maximum absolute atomic E-state index is 12.4. The highest BCUT2D eigenvalue weighted by atomic mass is 16.5. The first-order valence-corrected chi connectivity index (χ1v) is 6.82. The average molecular weight is 238 g/mol. The number of ether oxygens (including phenoxy) is 1. The van der Waals surface area contributed by atoms with Gasteiger partial charge in [0, 0.05) is 38.6 Å². The van der Waals surface area contributed by atoms with Gasteiger partial charge in [-0.25, -0.2) is 0 Å². The first-order chi connectivity index (χ1) is 8.29. The molecule has 2 bridgehead atoms. The molecule has 4 rings (SSSR count). The number of hydrogen-bond donors (Lipinski definition) is 1. The molecule has 3 aliphatic heterocycles. The molecule has 0 radical (unpaired) electrons. The summed E-state index contributed by atoms with van der Waals surface area (Å²) in [6.07, 6.45) is 3.87. The average Bonchev–Trinajstić information content (AvgIpc) is 2.39. The van der Waals surface area contributed by atoms with E-state index in [1.165, 1.54) is 6.42 Å². The second-order valence-corrected chi connectivity index (χ2v) is 5.74. The summed E-state index contributed by atoms with van der Waals surface area (Å²) in [5.41, 5.74) is 0.